The molecule has 1 fully saturated rings. The molecule has 1 saturated heterocycles. The van der Waals surface area contributed by atoms with Crippen LogP contribution in [0.2, 0.25) is 0 Å². The van der Waals surface area contributed by atoms with Crippen LogP contribution in [0.25, 0.3) is 0 Å². The van der Waals surface area contributed by atoms with Gasteiger partial charge in [0.05, 0.1) is 0 Å². The number of β-amino-alcohol motifs (C(OH)–C–C–N with tert-alkyl or cyclic N) is 1. The van der Waals surface area contributed by atoms with Crippen LogP contribution in [0, 0.1) is 16.0 Å². The Labute approximate surface area is 113 Å². The van der Waals surface area contributed by atoms with Crippen LogP contribution >= 0.6 is 0 Å². The average molecular weight is 264 g/mol. The summed E-state index contributed by atoms with van der Waals surface area (Å²) in [6.45, 7) is 3.74. The van der Waals surface area contributed by atoms with Crippen molar-refractivity contribution in [3.05, 3.63) is 46.0 Å². The third-order valence-electron chi connectivity index (χ3n) is 3.82. The average Bonchev–Trinajstić information content (AvgIpc) is 2.49. The Balaban J connectivity index is 2.03. The largest absolute Gasteiger partial charge is 0.385 e. The molecule has 0 aliphatic carbocycles. The maximum atomic E-state index is 11.0. The molecule has 1 aromatic rings. The number of nitrogens with zero attached hydrogens (tertiary/aromatic N) is 2. The quantitative estimate of drug-likeness (QED) is 0.664. The van der Waals surface area contributed by atoms with Gasteiger partial charge in [-0.2, -0.15) is 0 Å². The van der Waals surface area contributed by atoms with Crippen molar-refractivity contribution < 1.29 is 10.0 Å². The maximum Gasteiger partial charge on any atom is 0.242 e. The Morgan fingerprint density at radius 3 is 2.74 bits per heavy atom. The van der Waals surface area contributed by atoms with E-state index in [1.54, 1.807) is 0 Å². The summed E-state index contributed by atoms with van der Waals surface area (Å²) in [7, 11) is 0. The number of hydrogen-bond acceptors (Lipinski definition) is 4. The summed E-state index contributed by atoms with van der Waals surface area (Å²) < 4.78 is 0. The number of rotatable bonds is 3. The zero-order valence-corrected chi connectivity index (χ0v) is 11.1. The van der Waals surface area contributed by atoms with Gasteiger partial charge in [0, 0.05) is 23.9 Å². The summed E-state index contributed by atoms with van der Waals surface area (Å²) in [6, 6.07) is 9.14. The van der Waals surface area contributed by atoms with Crippen molar-refractivity contribution in [3.8, 4) is 0 Å². The predicted octanol–water partition coefficient (Wildman–Crippen LogP) is 1.53. The number of likely N-dealkylation sites (tertiary alicyclic amines) is 1. The van der Waals surface area contributed by atoms with Crippen LogP contribution in [0.4, 0.5) is 0 Å². The number of nitro groups is 1. The van der Waals surface area contributed by atoms with Crippen molar-refractivity contribution in [1.29, 1.82) is 0 Å². The highest BCUT2D eigenvalue weighted by molar-refractivity contribution is 5.14. The van der Waals surface area contributed by atoms with Crippen molar-refractivity contribution in [2.24, 2.45) is 5.92 Å². The third kappa shape index (κ3) is 3.52. The highest BCUT2D eigenvalue weighted by Crippen LogP contribution is 2.21. The lowest BCUT2D eigenvalue weighted by atomic mass is 9.96. The molecule has 0 bridgehead atoms. The van der Waals surface area contributed by atoms with Crippen LogP contribution in [-0.4, -0.2) is 40.2 Å². The number of aliphatic hydroxyl groups is 1. The van der Waals surface area contributed by atoms with Crippen LogP contribution in [0.3, 0.4) is 0 Å². The van der Waals surface area contributed by atoms with Crippen LogP contribution in [0.15, 0.2) is 30.3 Å². The van der Waals surface area contributed by atoms with E-state index in [0.717, 1.165) is 19.5 Å². The molecule has 0 amide bonds. The van der Waals surface area contributed by atoms with Gasteiger partial charge in [0.2, 0.25) is 6.04 Å². The first-order chi connectivity index (χ1) is 9.08. The number of benzene rings is 1. The second-order valence-corrected chi connectivity index (χ2v) is 5.33. The zero-order valence-electron chi connectivity index (χ0n) is 11.1. The fraction of sp³-hybridized carbons (Fsp3) is 0.571. The molecular formula is C14H20N2O3. The highest BCUT2D eigenvalue weighted by atomic mass is 16.6. The van der Waals surface area contributed by atoms with Gasteiger partial charge in [-0.3, -0.25) is 15.0 Å². The Morgan fingerprint density at radius 2 is 2.11 bits per heavy atom. The van der Waals surface area contributed by atoms with E-state index in [2.05, 4.69) is 4.90 Å². The molecule has 1 aromatic carbocycles. The molecule has 0 spiro atoms. The summed E-state index contributed by atoms with van der Waals surface area (Å²) in [4.78, 5) is 12.8. The summed E-state index contributed by atoms with van der Waals surface area (Å²) in [5, 5.41) is 21.1. The summed E-state index contributed by atoms with van der Waals surface area (Å²) in [5.41, 5.74) is 1.17. The minimum Gasteiger partial charge on any atom is -0.385 e. The third-order valence-corrected chi connectivity index (χ3v) is 3.82. The molecule has 1 aliphatic rings. The van der Waals surface area contributed by atoms with Gasteiger partial charge in [0.25, 0.3) is 0 Å². The maximum absolute atomic E-state index is 11.0. The normalized spacial score (nSPS) is 28.8. The van der Waals surface area contributed by atoms with E-state index in [0.29, 0.717) is 6.54 Å². The topological polar surface area (TPSA) is 66.6 Å². The zero-order chi connectivity index (χ0) is 13.8. The molecule has 2 rings (SSSR count). The highest BCUT2D eigenvalue weighted by Gasteiger charge is 2.38. The van der Waals surface area contributed by atoms with Crippen molar-refractivity contribution in [2.75, 3.05) is 13.1 Å². The van der Waals surface area contributed by atoms with Crippen LogP contribution in [-0.2, 0) is 6.54 Å². The Bertz CT molecular complexity index is 424. The Hall–Kier alpha value is -1.46. The lowest BCUT2D eigenvalue weighted by Gasteiger charge is -2.22. The Kier molecular flexibility index (Phi) is 4.50. The summed E-state index contributed by atoms with van der Waals surface area (Å²) in [6.07, 6.45) is -0.147. The van der Waals surface area contributed by atoms with Crippen molar-refractivity contribution in [2.45, 2.75) is 32.0 Å². The van der Waals surface area contributed by atoms with Gasteiger partial charge < -0.3 is 5.11 Å². The fourth-order valence-corrected chi connectivity index (χ4v) is 2.73. The van der Waals surface area contributed by atoms with Gasteiger partial charge >= 0.3 is 0 Å². The minimum atomic E-state index is -0.892. The first kappa shape index (κ1) is 14.0. The fourth-order valence-electron chi connectivity index (χ4n) is 2.73. The van der Waals surface area contributed by atoms with Gasteiger partial charge in [0.15, 0.2) is 0 Å². The van der Waals surface area contributed by atoms with E-state index >= 15 is 0 Å². The van der Waals surface area contributed by atoms with E-state index in [9.17, 15) is 15.2 Å². The molecular weight excluding hydrogens is 244 g/mol. The van der Waals surface area contributed by atoms with Crippen molar-refractivity contribution in [3.63, 3.8) is 0 Å². The standard InChI is InChI=1S/C14H20N2O3/c1-11-7-8-15(9-12-5-3-2-4-6-12)10-13(17)14(11)16(18)19/h2-6,11,13-14,17H,7-10H2,1H3/t11-,13-,14+/m1/s1. The minimum absolute atomic E-state index is 0.0919. The van der Waals surface area contributed by atoms with Crippen LogP contribution in [0.1, 0.15) is 18.9 Å². The molecule has 0 saturated carbocycles. The second kappa shape index (κ2) is 6.12. The monoisotopic (exact) mass is 264 g/mol. The molecule has 1 heterocycles. The molecule has 1 aliphatic heterocycles. The SMILES string of the molecule is C[C@@H]1CCN(Cc2ccccc2)C[C@@H](O)[C@H]1[N+](=O)[O-]. The molecule has 3 atom stereocenters. The number of aliphatic hydroxyl groups excluding tert-OH is 1. The van der Waals surface area contributed by atoms with Gasteiger partial charge in [-0.15, -0.1) is 0 Å². The molecule has 0 aromatic heterocycles. The molecule has 5 nitrogen and oxygen atoms in total. The van der Waals surface area contributed by atoms with E-state index in [4.69, 9.17) is 0 Å². The van der Waals surface area contributed by atoms with Gasteiger partial charge in [0.1, 0.15) is 6.10 Å². The first-order valence-electron chi connectivity index (χ1n) is 6.65. The van der Waals surface area contributed by atoms with Gasteiger partial charge in [-0.25, -0.2) is 0 Å². The van der Waals surface area contributed by atoms with Gasteiger partial charge in [-0.05, 0) is 18.5 Å². The summed E-state index contributed by atoms with van der Waals surface area (Å²) >= 11 is 0. The van der Waals surface area contributed by atoms with Crippen LogP contribution < -0.4 is 0 Å². The molecule has 0 radical (unpaired) electrons. The molecule has 0 unspecified atom stereocenters. The Morgan fingerprint density at radius 1 is 1.42 bits per heavy atom. The van der Waals surface area contributed by atoms with E-state index in [1.165, 1.54) is 5.56 Å². The second-order valence-electron chi connectivity index (χ2n) is 5.33. The van der Waals surface area contributed by atoms with E-state index in [1.807, 2.05) is 37.3 Å². The smallest absolute Gasteiger partial charge is 0.242 e. The molecule has 5 heteroatoms. The summed E-state index contributed by atoms with van der Waals surface area (Å²) in [5.74, 6) is -0.0919. The predicted molar refractivity (Wildman–Crippen MR) is 72.3 cm³/mol. The lowest BCUT2D eigenvalue weighted by molar-refractivity contribution is -0.542. The first-order valence-corrected chi connectivity index (χ1v) is 6.65. The van der Waals surface area contributed by atoms with E-state index in [-0.39, 0.29) is 10.8 Å². The lowest BCUT2D eigenvalue weighted by Crippen LogP contribution is -2.42. The molecule has 19 heavy (non-hydrogen) atoms. The van der Waals surface area contributed by atoms with Gasteiger partial charge in [-0.1, -0.05) is 37.3 Å². The van der Waals surface area contributed by atoms with Crippen molar-refractivity contribution in [1.82, 2.24) is 4.90 Å². The van der Waals surface area contributed by atoms with E-state index < -0.39 is 12.1 Å². The van der Waals surface area contributed by atoms with Crippen molar-refractivity contribution >= 4 is 0 Å². The number of hydrogen-bond donors (Lipinski definition) is 1. The van der Waals surface area contributed by atoms with Crippen LogP contribution in [0.5, 0.6) is 0 Å². The molecule has 104 valence electrons. The molecule has 1 N–H and O–H groups in total.